The van der Waals surface area contributed by atoms with E-state index in [9.17, 15) is 0 Å². The Balaban J connectivity index is -0.000000180. The van der Waals surface area contributed by atoms with Gasteiger partial charge < -0.3 is 40.3 Å². The Kier molecular flexibility index (Phi) is 28.5. The Morgan fingerprint density at radius 1 is 0.889 bits per heavy atom. The molecule has 0 aliphatic rings. The van der Waals surface area contributed by atoms with Crippen LogP contribution in [0.15, 0.2) is 0 Å². The smallest absolute Gasteiger partial charge is 0.0991 e. The highest BCUT2D eigenvalue weighted by Gasteiger charge is 1.82. The molecule has 0 aliphatic heterocycles. The van der Waals surface area contributed by atoms with Crippen LogP contribution in [0.3, 0.4) is 0 Å². The van der Waals surface area contributed by atoms with Crippen LogP contribution in [0.1, 0.15) is 0 Å². The van der Waals surface area contributed by atoms with E-state index in [1.54, 1.807) is 0 Å². The first kappa shape index (κ1) is 16.2. The summed E-state index contributed by atoms with van der Waals surface area (Å²) in [5.41, 5.74) is 0. The van der Waals surface area contributed by atoms with Crippen LogP contribution in [0.25, 0.3) is 0 Å². The molecule has 0 heterocycles. The molecule has 0 fully saturated rings. The van der Waals surface area contributed by atoms with Crippen LogP contribution in [0.2, 0.25) is 0 Å². The van der Waals surface area contributed by atoms with Crippen molar-refractivity contribution in [3.05, 3.63) is 0 Å². The summed E-state index contributed by atoms with van der Waals surface area (Å²) in [5.74, 6) is 0. The van der Waals surface area contributed by atoms with Crippen LogP contribution < -0.4 is 30.1 Å². The maximum Gasteiger partial charge on any atom is 0.0991 e. The summed E-state index contributed by atoms with van der Waals surface area (Å²) in [7, 11) is 0. The number of halogens is 2. The maximum atomic E-state index is 8.18. The predicted molar refractivity (Wildman–Crippen MR) is 25.8 cm³/mol. The molecule has 0 spiro atoms. The van der Waals surface area contributed by atoms with E-state index in [2.05, 4.69) is 0 Å². The number of hydrogen-bond acceptors (Lipinski definition) is 2. The van der Waals surface area contributed by atoms with Crippen LogP contribution in [-0.2, 0) is 0 Å². The van der Waals surface area contributed by atoms with Crippen molar-refractivity contribution < 1.29 is 40.3 Å². The van der Waals surface area contributed by atoms with E-state index >= 15 is 0 Å². The van der Waals surface area contributed by atoms with E-state index in [1.807, 2.05) is 5.32 Å². The molecule has 0 radical (unpaired) electrons. The number of nitrogens with two attached hydrogens (primary N) is 1. The summed E-state index contributed by atoms with van der Waals surface area (Å²) in [6, 6.07) is 0. The molecular weight excluding hydrogens is 165 g/mol. The van der Waals surface area contributed by atoms with Crippen molar-refractivity contribution in [1.29, 1.82) is 0 Å². The van der Waals surface area contributed by atoms with Crippen LogP contribution in [-0.4, -0.2) is 36.5 Å². The fourth-order valence-electron chi connectivity index (χ4n) is 0.327. The molecule has 3 nitrogen and oxygen atoms in total. The summed E-state index contributed by atoms with van der Waals surface area (Å²) >= 11 is 0. The van der Waals surface area contributed by atoms with Gasteiger partial charge in [-0.2, -0.15) is 0 Å². The number of aliphatic hydroxyl groups excluding tert-OH is 2. The lowest BCUT2D eigenvalue weighted by molar-refractivity contribution is -0.657. The molecule has 0 atom stereocenters. The normalized spacial score (nSPS) is 7.33. The summed E-state index contributed by atoms with van der Waals surface area (Å²) in [4.78, 5) is 0. The first-order valence-electron chi connectivity index (χ1n) is 2.45. The number of quaternary nitrogens is 1. The molecule has 0 amide bonds. The molecule has 0 saturated heterocycles. The maximum absolute atomic E-state index is 8.18. The molecule has 5 heteroatoms. The Morgan fingerprint density at radius 3 is 1.44 bits per heavy atom. The van der Waals surface area contributed by atoms with E-state index in [4.69, 9.17) is 10.2 Å². The third-order valence-corrected chi connectivity index (χ3v) is 0.666. The molecule has 0 bridgehead atoms. The van der Waals surface area contributed by atoms with Crippen molar-refractivity contribution in [1.82, 2.24) is 0 Å². The lowest BCUT2D eigenvalue weighted by Gasteiger charge is -1.91. The quantitative estimate of drug-likeness (QED) is 0.373. The predicted octanol–water partition coefficient (Wildman–Crippen LogP) is -8.46. The summed E-state index contributed by atoms with van der Waals surface area (Å²) in [5, 5.41) is 18.2. The second-order valence-corrected chi connectivity index (χ2v) is 1.31. The van der Waals surface area contributed by atoms with Gasteiger partial charge in [0.05, 0.1) is 26.3 Å². The van der Waals surface area contributed by atoms with Gasteiger partial charge in [-0.05, 0) is 0 Å². The van der Waals surface area contributed by atoms with Crippen molar-refractivity contribution in [3.63, 3.8) is 0 Å². The van der Waals surface area contributed by atoms with Gasteiger partial charge in [0.1, 0.15) is 0 Å². The van der Waals surface area contributed by atoms with E-state index in [1.165, 1.54) is 0 Å². The molecule has 0 aromatic carbocycles. The lowest BCUT2D eigenvalue weighted by atomic mass is 10.6. The van der Waals surface area contributed by atoms with Gasteiger partial charge in [-0.15, -0.1) is 0 Å². The van der Waals surface area contributed by atoms with Crippen molar-refractivity contribution >= 4 is 0 Å². The van der Waals surface area contributed by atoms with Gasteiger partial charge in [0.25, 0.3) is 0 Å². The van der Waals surface area contributed by atoms with Crippen LogP contribution >= 0.6 is 0 Å². The lowest BCUT2D eigenvalue weighted by Crippen LogP contribution is -3.00. The Hall–Kier alpha value is 0.460. The van der Waals surface area contributed by atoms with Gasteiger partial charge in [-0.25, -0.2) is 0 Å². The molecule has 0 saturated carbocycles. The van der Waals surface area contributed by atoms with Gasteiger partial charge in [0.15, 0.2) is 0 Å². The third kappa shape index (κ3) is 17.7. The van der Waals surface area contributed by atoms with Gasteiger partial charge in [-0.1, -0.05) is 0 Å². The molecule has 4 N–H and O–H groups in total. The first-order chi connectivity index (χ1) is 3.41. The van der Waals surface area contributed by atoms with Crippen LogP contribution in [0, 0.1) is 0 Å². The van der Waals surface area contributed by atoms with E-state index in [0.717, 1.165) is 0 Å². The molecule has 9 heavy (non-hydrogen) atoms. The average molecular weight is 177 g/mol. The summed E-state index contributed by atoms with van der Waals surface area (Å²) < 4.78 is 0. The zero-order valence-corrected chi connectivity index (χ0v) is 6.57. The Labute approximate surface area is 67.3 Å². The fraction of sp³-hybridized carbons (Fsp3) is 1.00. The molecule has 0 aromatic heterocycles. The molecule has 0 rings (SSSR count). The average Bonchev–Trinajstić information content (AvgIpc) is 1.69. The third-order valence-electron chi connectivity index (χ3n) is 0.666. The van der Waals surface area contributed by atoms with Gasteiger partial charge in [0, 0.05) is 0 Å². The highest BCUT2D eigenvalue weighted by molar-refractivity contribution is 4.15. The Morgan fingerprint density at radius 2 is 1.22 bits per heavy atom. The number of rotatable bonds is 4. The number of aliphatic hydroxyl groups is 2. The minimum absolute atomic E-state index is 0. The minimum Gasteiger partial charge on any atom is -1.00 e. The first-order valence-corrected chi connectivity index (χ1v) is 2.45. The molecule has 0 unspecified atom stereocenters. The SMILES string of the molecule is OCC[NH2+]CCO.[Cl-].[Cl-]. The molecule has 0 aliphatic carbocycles. The van der Waals surface area contributed by atoms with Crippen LogP contribution in [0.4, 0.5) is 0 Å². The topological polar surface area (TPSA) is 57.1 Å². The van der Waals surface area contributed by atoms with E-state index < -0.39 is 0 Å². The summed E-state index contributed by atoms with van der Waals surface area (Å²) in [6.45, 7) is 1.78. The minimum atomic E-state index is 0. The van der Waals surface area contributed by atoms with Crippen LogP contribution in [0.5, 0.6) is 0 Å². The Bertz CT molecular complexity index is 35.7. The largest absolute Gasteiger partial charge is 1.00 e. The monoisotopic (exact) mass is 176 g/mol. The van der Waals surface area contributed by atoms with Crippen molar-refractivity contribution in [2.45, 2.75) is 0 Å². The van der Waals surface area contributed by atoms with Gasteiger partial charge in [-0.3, -0.25) is 0 Å². The van der Waals surface area contributed by atoms with Crippen molar-refractivity contribution in [2.24, 2.45) is 0 Å². The molecule has 0 aromatic rings. The van der Waals surface area contributed by atoms with Crippen molar-refractivity contribution in [3.8, 4) is 0 Å². The fourth-order valence-corrected chi connectivity index (χ4v) is 0.327. The molecule has 60 valence electrons. The van der Waals surface area contributed by atoms with Gasteiger partial charge in [0.2, 0.25) is 0 Å². The summed E-state index contributed by atoms with van der Waals surface area (Å²) in [6.07, 6.45) is 0. The van der Waals surface area contributed by atoms with Gasteiger partial charge >= 0.3 is 0 Å². The van der Waals surface area contributed by atoms with E-state index in [0.29, 0.717) is 13.1 Å². The van der Waals surface area contributed by atoms with Crippen molar-refractivity contribution in [2.75, 3.05) is 26.3 Å². The second kappa shape index (κ2) is 15.8. The standard InChI is InChI=1S/C4H11NO2.2ClH/c6-3-1-5-2-4-7;;/h5-7H,1-4H2;2*1H/p-1. The zero-order valence-electron chi connectivity index (χ0n) is 5.06. The highest BCUT2D eigenvalue weighted by Crippen LogP contribution is 1.40. The van der Waals surface area contributed by atoms with E-state index in [-0.39, 0.29) is 38.0 Å². The second-order valence-electron chi connectivity index (χ2n) is 1.31. The zero-order chi connectivity index (χ0) is 5.54. The molecular formula is C4H12Cl2NO2-. The number of hydrogen-bond donors (Lipinski definition) is 3. The highest BCUT2D eigenvalue weighted by atomic mass is 35.5.